The van der Waals surface area contributed by atoms with Crippen LogP contribution in [0.1, 0.15) is 29.8 Å². The van der Waals surface area contributed by atoms with Crippen LogP contribution < -0.4 is 10.5 Å². The minimum absolute atomic E-state index is 0.0117. The fourth-order valence-electron chi connectivity index (χ4n) is 2.37. The number of fused-ring (bicyclic) bond motifs is 1. The van der Waals surface area contributed by atoms with Gasteiger partial charge < -0.3 is 10.5 Å². The maximum atomic E-state index is 12.3. The summed E-state index contributed by atoms with van der Waals surface area (Å²) in [5, 5.41) is 0. The van der Waals surface area contributed by atoms with Crippen molar-refractivity contribution in [2.75, 3.05) is 7.11 Å². The molecule has 17 heavy (non-hydrogen) atoms. The molecule has 0 aliphatic heterocycles. The number of hydrogen-bond acceptors (Lipinski definition) is 3. The minimum Gasteiger partial charge on any atom is -0.497 e. The summed E-state index contributed by atoms with van der Waals surface area (Å²) in [5.74, 6) is 0.714. The smallest absolute Gasteiger partial charge is 0.191 e. The molecule has 3 nitrogen and oxygen atoms in total. The second-order valence-corrected chi connectivity index (χ2v) is 4.99. The van der Waals surface area contributed by atoms with Crippen LogP contribution in [0.4, 0.5) is 0 Å². The van der Waals surface area contributed by atoms with E-state index < -0.39 is 0 Å². The molecule has 90 valence electrons. The van der Waals surface area contributed by atoms with E-state index in [1.807, 2.05) is 26.0 Å². The zero-order valence-electron chi connectivity index (χ0n) is 10.4. The van der Waals surface area contributed by atoms with Gasteiger partial charge in [-0.3, -0.25) is 4.79 Å². The van der Waals surface area contributed by atoms with Crippen LogP contribution in [0.3, 0.4) is 0 Å². The van der Waals surface area contributed by atoms with Crippen molar-refractivity contribution in [1.82, 2.24) is 0 Å². The molecule has 0 unspecified atom stereocenters. The number of methoxy groups -OCH3 is 1. The molecular weight excluding hydrogens is 214 g/mol. The predicted molar refractivity (Wildman–Crippen MR) is 67.1 cm³/mol. The van der Waals surface area contributed by atoms with E-state index in [-0.39, 0.29) is 11.2 Å². The molecule has 0 saturated heterocycles. The molecule has 0 bridgehead atoms. The zero-order valence-corrected chi connectivity index (χ0v) is 10.4. The molecule has 0 spiro atoms. The molecule has 1 aliphatic carbocycles. The molecule has 2 N–H and O–H groups in total. The summed E-state index contributed by atoms with van der Waals surface area (Å²) in [6, 6.07) is 5.64. The zero-order chi connectivity index (χ0) is 12.6. The number of ketones is 1. The fourth-order valence-corrected chi connectivity index (χ4v) is 2.37. The number of carbonyl (C=O) groups excluding carboxylic acids is 1. The largest absolute Gasteiger partial charge is 0.497 e. The SMILES string of the molecule is COc1ccc2c(c1)C(=O)C(=CN)C(C)(C)C2. The van der Waals surface area contributed by atoms with Crippen molar-refractivity contribution in [3.8, 4) is 5.75 Å². The van der Waals surface area contributed by atoms with Crippen LogP contribution in [-0.4, -0.2) is 12.9 Å². The lowest BCUT2D eigenvalue weighted by molar-refractivity contribution is 0.0994. The molecule has 0 atom stereocenters. The Morgan fingerprint density at radius 3 is 2.71 bits per heavy atom. The topological polar surface area (TPSA) is 52.3 Å². The lowest BCUT2D eigenvalue weighted by atomic mass is 9.70. The Bertz CT molecular complexity index is 501. The minimum atomic E-state index is -0.201. The van der Waals surface area contributed by atoms with E-state index in [0.717, 1.165) is 12.0 Å². The summed E-state index contributed by atoms with van der Waals surface area (Å²) in [7, 11) is 1.60. The van der Waals surface area contributed by atoms with E-state index in [9.17, 15) is 4.79 Å². The van der Waals surface area contributed by atoms with Crippen molar-refractivity contribution in [1.29, 1.82) is 0 Å². The molecule has 0 amide bonds. The molecule has 1 aromatic rings. The van der Waals surface area contributed by atoms with Gasteiger partial charge in [-0.05, 0) is 29.5 Å². The lowest BCUT2D eigenvalue weighted by Gasteiger charge is -2.32. The van der Waals surface area contributed by atoms with Crippen LogP contribution >= 0.6 is 0 Å². The number of rotatable bonds is 1. The van der Waals surface area contributed by atoms with E-state index in [4.69, 9.17) is 10.5 Å². The number of benzene rings is 1. The summed E-state index contributed by atoms with van der Waals surface area (Å²) >= 11 is 0. The van der Waals surface area contributed by atoms with Gasteiger partial charge in [0.1, 0.15) is 5.75 Å². The molecule has 2 rings (SSSR count). The van der Waals surface area contributed by atoms with E-state index >= 15 is 0 Å². The molecule has 1 aromatic carbocycles. The van der Waals surface area contributed by atoms with Crippen molar-refractivity contribution in [3.63, 3.8) is 0 Å². The fraction of sp³-hybridized carbons (Fsp3) is 0.357. The van der Waals surface area contributed by atoms with Gasteiger partial charge in [-0.2, -0.15) is 0 Å². The Labute approximate surface area is 101 Å². The Balaban J connectivity index is 2.58. The third-order valence-corrected chi connectivity index (χ3v) is 3.33. The first-order valence-corrected chi connectivity index (χ1v) is 5.63. The highest BCUT2D eigenvalue weighted by Gasteiger charge is 2.35. The van der Waals surface area contributed by atoms with Crippen molar-refractivity contribution >= 4 is 5.78 Å². The maximum Gasteiger partial charge on any atom is 0.191 e. The molecular formula is C14H17NO2. The van der Waals surface area contributed by atoms with Crippen LogP contribution in [0, 0.1) is 5.41 Å². The highest BCUT2D eigenvalue weighted by atomic mass is 16.5. The number of Topliss-reactive ketones (excluding diaryl/α,β-unsaturated/α-hetero) is 1. The third kappa shape index (κ3) is 1.82. The standard InChI is InChI=1S/C14H17NO2/c1-14(2)7-9-4-5-10(17-3)6-11(9)13(16)12(14)8-15/h4-6,8H,7,15H2,1-3H3. The van der Waals surface area contributed by atoms with E-state index in [2.05, 4.69) is 0 Å². The van der Waals surface area contributed by atoms with E-state index in [1.165, 1.54) is 6.20 Å². The van der Waals surface area contributed by atoms with Crippen LogP contribution in [0.5, 0.6) is 5.75 Å². The molecule has 0 aromatic heterocycles. The van der Waals surface area contributed by atoms with Crippen molar-refractivity contribution in [2.24, 2.45) is 11.1 Å². The van der Waals surface area contributed by atoms with Gasteiger partial charge in [0, 0.05) is 17.3 Å². The summed E-state index contributed by atoms with van der Waals surface area (Å²) in [4.78, 5) is 12.3. The van der Waals surface area contributed by atoms with Crippen LogP contribution in [-0.2, 0) is 6.42 Å². The van der Waals surface area contributed by atoms with Gasteiger partial charge in [0.05, 0.1) is 7.11 Å². The van der Waals surface area contributed by atoms with E-state index in [1.54, 1.807) is 13.2 Å². The van der Waals surface area contributed by atoms with Crippen LogP contribution in [0.2, 0.25) is 0 Å². The number of carbonyl (C=O) groups is 1. The average Bonchev–Trinajstić information content (AvgIpc) is 2.28. The Hall–Kier alpha value is -1.77. The van der Waals surface area contributed by atoms with Crippen molar-refractivity contribution in [2.45, 2.75) is 20.3 Å². The third-order valence-electron chi connectivity index (χ3n) is 3.33. The van der Waals surface area contributed by atoms with Crippen LogP contribution in [0.25, 0.3) is 0 Å². The molecule has 1 aliphatic rings. The number of ether oxygens (including phenoxy) is 1. The van der Waals surface area contributed by atoms with Crippen molar-refractivity contribution < 1.29 is 9.53 Å². The average molecular weight is 231 g/mol. The molecule has 0 radical (unpaired) electrons. The second-order valence-electron chi connectivity index (χ2n) is 4.99. The Morgan fingerprint density at radius 2 is 2.12 bits per heavy atom. The summed E-state index contributed by atoms with van der Waals surface area (Å²) in [6.45, 7) is 4.08. The monoisotopic (exact) mass is 231 g/mol. The molecule has 0 heterocycles. The first-order valence-electron chi connectivity index (χ1n) is 5.63. The number of nitrogens with two attached hydrogens (primary N) is 1. The first kappa shape index (κ1) is 11.7. The summed E-state index contributed by atoms with van der Waals surface area (Å²) < 4.78 is 5.15. The van der Waals surface area contributed by atoms with Gasteiger partial charge in [-0.15, -0.1) is 0 Å². The summed E-state index contributed by atoms with van der Waals surface area (Å²) in [6.07, 6.45) is 2.26. The van der Waals surface area contributed by atoms with E-state index in [0.29, 0.717) is 16.9 Å². The Morgan fingerprint density at radius 1 is 1.41 bits per heavy atom. The number of hydrogen-bond donors (Lipinski definition) is 1. The van der Waals surface area contributed by atoms with Crippen LogP contribution in [0.15, 0.2) is 30.0 Å². The van der Waals surface area contributed by atoms with Gasteiger partial charge in [0.2, 0.25) is 0 Å². The molecule has 0 fully saturated rings. The predicted octanol–water partition coefficient (Wildman–Crippen LogP) is 2.30. The Kier molecular flexibility index (Phi) is 2.69. The van der Waals surface area contributed by atoms with Gasteiger partial charge in [-0.25, -0.2) is 0 Å². The summed E-state index contributed by atoms with van der Waals surface area (Å²) in [5.41, 5.74) is 7.83. The number of allylic oxidation sites excluding steroid dienone is 1. The normalized spacial score (nSPS) is 20.2. The highest BCUT2D eigenvalue weighted by Crippen LogP contribution is 2.39. The van der Waals surface area contributed by atoms with Gasteiger partial charge >= 0.3 is 0 Å². The second kappa shape index (κ2) is 3.91. The van der Waals surface area contributed by atoms with Crippen molar-refractivity contribution in [3.05, 3.63) is 41.1 Å². The lowest BCUT2D eigenvalue weighted by Crippen LogP contribution is -2.31. The molecule has 3 heteroatoms. The maximum absolute atomic E-state index is 12.3. The highest BCUT2D eigenvalue weighted by molar-refractivity contribution is 6.11. The quantitative estimate of drug-likeness (QED) is 0.754. The molecule has 0 saturated carbocycles. The first-order chi connectivity index (χ1) is 7.99. The van der Waals surface area contributed by atoms with Gasteiger partial charge in [0.25, 0.3) is 0 Å². The van der Waals surface area contributed by atoms with Gasteiger partial charge in [-0.1, -0.05) is 19.9 Å². The van der Waals surface area contributed by atoms with Gasteiger partial charge in [0.15, 0.2) is 5.78 Å².